The summed E-state index contributed by atoms with van der Waals surface area (Å²) in [4.78, 5) is 17.6. The highest BCUT2D eigenvalue weighted by molar-refractivity contribution is 7.89. The maximum Gasteiger partial charge on any atom is 0.254 e. The zero-order valence-corrected chi connectivity index (χ0v) is 18.0. The van der Waals surface area contributed by atoms with Crippen LogP contribution in [0.25, 0.3) is 0 Å². The molecule has 0 radical (unpaired) electrons. The molecule has 2 aromatic rings. The van der Waals surface area contributed by atoms with E-state index in [0.717, 1.165) is 31.7 Å². The summed E-state index contributed by atoms with van der Waals surface area (Å²) in [5, 5.41) is 0. The van der Waals surface area contributed by atoms with Gasteiger partial charge in [-0.3, -0.25) is 4.79 Å². The Morgan fingerprint density at radius 2 is 1.86 bits per heavy atom. The van der Waals surface area contributed by atoms with Crippen molar-refractivity contribution in [2.75, 3.05) is 20.1 Å². The van der Waals surface area contributed by atoms with Crippen molar-refractivity contribution < 1.29 is 17.6 Å². The number of amides is 1. The summed E-state index contributed by atoms with van der Waals surface area (Å²) in [5.74, 6) is 0.620. The van der Waals surface area contributed by atoms with Gasteiger partial charge in [0.05, 0.1) is 17.7 Å². The van der Waals surface area contributed by atoms with Crippen molar-refractivity contribution >= 4 is 15.9 Å². The smallest absolute Gasteiger partial charge is 0.254 e. The normalized spacial score (nSPS) is 16.3. The van der Waals surface area contributed by atoms with Crippen LogP contribution < -0.4 is 4.72 Å². The van der Waals surface area contributed by atoms with E-state index in [0.29, 0.717) is 12.1 Å². The fourth-order valence-corrected chi connectivity index (χ4v) is 4.82. The monoisotopic (exact) mass is 419 g/mol. The van der Waals surface area contributed by atoms with Crippen molar-refractivity contribution in [1.82, 2.24) is 14.5 Å². The van der Waals surface area contributed by atoms with E-state index < -0.39 is 10.0 Å². The number of furan rings is 1. The third-order valence-electron chi connectivity index (χ3n) is 5.10. The first-order chi connectivity index (χ1) is 13.8. The van der Waals surface area contributed by atoms with E-state index in [2.05, 4.69) is 16.7 Å². The van der Waals surface area contributed by atoms with Gasteiger partial charge in [0, 0.05) is 17.6 Å². The van der Waals surface area contributed by atoms with Gasteiger partial charge in [-0.1, -0.05) is 0 Å². The second-order valence-electron chi connectivity index (χ2n) is 7.85. The Balaban J connectivity index is 1.81. The molecule has 0 bridgehead atoms. The van der Waals surface area contributed by atoms with Gasteiger partial charge in [-0.15, -0.1) is 0 Å². The summed E-state index contributed by atoms with van der Waals surface area (Å²) in [6.07, 6.45) is 3.40. The number of nitrogens with one attached hydrogen (secondary N) is 1. The minimum atomic E-state index is -3.59. The minimum Gasteiger partial charge on any atom is -0.467 e. The van der Waals surface area contributed by atoms with Crippen LogP contribution in [0.4, 0.5) is 0 Å². The highest BCUT2D eigenvalue weighted by Gasteiger charge is 2.28. The Morgan fingerprint density at radius 1 is 1.21 bits per heavy atom. The van der Waals surface area contributed by atoms with Crippen molar-refractivity contribution in [2.45, 2.75) is 50.2 Å². The third kappa shape index (κ3) is 5.46. The number of benzene rings is 1. The molecule has 0 atom stereocenters. The fraction of sp³-hybridized carbons (Fsp3) is 0.476. The molecular weight excluding hydrogens is 390 g/mol. The second kappa shape index (κ2) is 9.11. The summed E-state index contributed by atoms with van der Waals surface area (Å²) < 4.78 is 32.7. The summed E-state index contributed by atoms with van der Waals surface area (Å²) >= 11 is 0. The number of rotatable bonds is 7. The number of piperidine rings is 1. The Morgan fingerprint density at radius 3 is 2.41 bits per heavy atom. The van der Waals surface area contributed by atoms with Crippen LogP contribution in [0, 0.1) is 0 Å². The maximum atomic E-state index is 13.3. The molecule has 2 heterocycles. The highest BCUT2D eigenvalue weighted by Crippen LogP contribution is 2.22. The van der Waals surface area contributed by atoms with Gasteiger partial charge in [-0.25, -0.2) is 13.1 Å². The van der Waals surface area contributed by atoms with Crippen molar-refractivity contribution in [3.05, 3.63) is 54.0 Å². The number of likely N-dealkylation sites (tertiary alicyclic amines) is 1. The first-order valence-electron chi connectivity index (χ1n) is 9.90. The minimum absolute atomic E-state index is 0.114. The average Bonchev–Trinajstić information content (AvgIpc) is 3.19. The third-order valence-corrected chi connectivity index (χ3v) is 6.77. The van der Waals surface area contributed by atoms with Crippen LogP contribution in [0.15, 0.2) is 52.0 Å². The van der Waals surface area contributed by atoms with Gasteiger partial charge < -0.3 is 14.2 Å². The molecule has 1 aromatic carbocycles. The van der Waals surface area contributed by atoms with Crippen molar-refractivity contribution in [1.29, 1.82) is 0 Å². The van der Waals surface area contributed by atoms with E-state index in [1.54, 1.807) is 32.2 Å². The molecule has 0 saturated carbocycles. The molecule has 1 amide bonds. The second-order valence-corrected chi connectivity index (χ2v) is 9.56. The fourth-order valence-electron chi connectivity index (χ4n) is 3.56. The average molecular weight is 420 g/mol. The lowest BCUT2D eigenvalue weighted by Gasteiger charge is -2.37. The van der Waals surface area contributed by atoms with Crippen LogP contribution >= 0.6 is 0 Å². The molecule has 0 unspecified atom stereocenters. The topological polar surface area (TPSA) is 82.9 Å². The summed E-state index contributed by atoms with van der Waals surface area (Å²) in [6, 6.07) is 9.73. The first kappa shape index (κ1) is 21.5. The van der Waals surface area contributed by atoms with E-state index in [1.807, 2.05) is 17.0 Å². The molecule has 1 aliphatic heterocycles. The van der Waals surface area contributed by atoms with E-state index in [9.17, 15) is 13.2 Å². The highest BCUT2D eigenvalue weighted by atomic mass is 32.2. The van der Waals surface area contributed by atoms with E-state index in [-0.39, 0.29) is 22.9 Å². The zero-order valence-electron chi connectivity index (χ0n) is 17.2. The molecule has 0 spiro atoms. The molecule has 0 aliphatic carbocycles. The van der Waals surface area contributed by atoms with Gasteiger partial charge in [0.25, 0.3) is 5.91 Å². The standard InChI is InChI=1S/C21H29N3O4S/c1-16(2)22-29(26,27)20-8-6-17(7-9-20)21(25)24(15-19-5-4-14-28-19)18-10-12-23(3)13-11-18/h4-9,14,16,18,22H,10-13,15H2,1-3H3. The SMILES string of the molecule is CC(C)NS(=O)(=O)c1ccc(C(=O)N(Cc2ccco2)C2CCN(C)CC2)cc1. The lowest BCUT2D eigenvalue weighted by Crippen LogP contribution is -2.46. The molecule has 8 heteroatoms. The van der Waals surface area contributed by atoms with Crippen LogP contribution in [-0.2, 0) is 16.6 Å². The Labute approximate surface area is 172 Å². The predicted molar refractivity (Wildman–Crippen MR) is 111 cm³/mol. The number of hydrogen-bond acceptors (Lipinski definition) is 5. The summed E-state index contributed by atoms with van der Waals surface area (Å²) in [6.45, 7) is 5.80. The van der Waals surface area contributed by atoms with Crippen LogP contribution in [0.1, 0.15) is 42.8 Å². The lowest BCUT2D eigenvalue weighted by atomic mass is 10.0. The van der Waals surface area contributed by atoms with Crippen molar-refractivity contribution in [3.63, 3.8) is 0 Å². The maximum absolute atomic E-state index is 13.3. The van der Waals surface area contributed by atoms with E-state index >= 15 is 0 Å². The number of nitrogens with zero attached hydrogens (tertiary/aromatic N) is 2. The molecular formula is C21H29N3O4S. The lowest BCUT2D eigenvalue weighted by molar-refractivity contribution is 0.0550. The molecule has 29 heavy (non-hydrogen) atoms. The number of carbonyl (C=O) groups is 1. The molecule has 1 aromatic heterocycles. The molecule has 1 fully saturated rings. The Hall–Kier alpha value is -2.16. The number of sulfonamides is 1. The van der Waals surface area contributed by atoms with Crippen LogP contribution in [-0.4, -0.2) is 56.3 Å². The van der Waals surface area contributed by atoms with Gasteiger partial charge in [0.1, 0.15) is 5.76 Å². The van der Waals surface area contributed by atoms with Crippen LogP contribution in [0.2, 0.25) is 0 Å². The van der Waals surface area contributed by atoms with Gasteiger partial charge in [0.2, 0.25) is 10.0 Å². The van der Waals surface area contributed by atoms with Crippen molar-refractivity contribution in [2.24, 2.45) is 0 Å². The van der Waals surface area contributed by atoms with Crippen LogP contribution in [0.5, 0.6) is 0 Å². The van der Waals surface area contributed by atoms with Crippen LogP contribution in [0.3, 0.4) is 0 Å². The largest absolute Gasteiger partial charge is 0.467 e. The molecule has 158 valence electrons. The summed E-state index contributed by atoms with van der Waals surface area (Å²) in [7, 11) is -1.50. The molecule has 1 saturated heterocycles. The Kier molecular flexibility index (Phi) is 6.77. The predicted octanol–water partition coefficient (Wildman–Crippen LogP) is 2.70. The number of hydrogen-bond donors (Lipinski definition) is 1. The molecule has 1 aliphatic rings. The summed E-state index contributed by atoms with van der Waals surface area (Å²) in [5.41, 5.74) is 0.471. The number of carbonyl (C=O) groups excluding carboxylic acids is 1. The van der Waals surface area contributed by atoms with Crippen molar-refractivity contribution in [3.8, 4) is 0 Å². The van der Waals surface area contributed by atoms with Gasteiger partial charge >= 0.3 is 0 Å². The first-order valence-corrected chi connectivity index (χ1v) is 11.4. The van der Waals surface area contributed by atoms with E-state index in [4.69, 9.17) is 4.42 Å². The molecule has 7 nitrogen and oxygen atoms in total. The van der Waals surface area contributed by atoms with Gasteiger partial charge in [-0.2, -0.15) is 0 Å². The van der Waals surface area contributed by atoms with Gasteiger partial charge in [-0.05, 0) is 83.2 Å². The van der Waals surface area contributed by atoms with Gasteiger partial charge in [0.15, 0.2) is 0 Å². The molecule has 3 rings (SSSR count). The quantitative estimate of drug-likeness (QED) is 0.746. The Bertz CT molecular complexity index is 900. The molecule has 1 N–H and O–H groups in total. The zero-order chi connectivity index (χ0) is 21.0. The van der Waals surface area contributed by atoms with E-state index in [1.165, 1.54) is 12.1 Å².